The number of hydrogen-bond donors (Lipinski definition) is 2. The Balaban J connectivity index is 1.49. The van der Waals surface area contributed by atoms with Crippen LogP contribution in [0.15, 0.2) is 0 Å². The highest BCUT2D eigenvalue weighted by molar-refractivity contribution is 5.75. The van der Waals surface area contributed by atoms with Gasteiger partial charge in [-0.3, -0.25) is 19.2 Å². The zero-order valence-electron chi connectivity index (χ0n) is 19.4. The molecule has 0 radical (unpaired) electrons. The topological polar surface area (TPSA) is 136 Å². The van der Waals surface area contributed by atoms with Crippen LogP contribution in [-0.4, -0.2) is 60.5 Å². The molecule has 0 aliphatic heterocycles. The molecule has 2 rings (SSSR count). The fraction of sp³-hybridized carbons (Fsp3) is 0.833. The number of aliphatic hydroxyl groups is 1. The standard InChI is InChI=1S/C24H38O9/c25-13-1-2-14-31-23(29)19-9-11-20(12-10-19)24(30)33-16-4-3-15-32-22(28)18-7-5-17(6-8-18)21(26)27/h17-20,25H,1-16H2,(H,26,27). The Morgan fingerprint density at radius 1 is 0.545 bits per heavy atom. The Morgan fingerprint density at radius 3 is 1.15 bits per heavy atom. The lowest BCUT2D eigenvalue weighted by Gasteiger charge is -2.26. The van der Waals surface area contributed by atoms with E-state index in [2.05, 4.69) is 0 Å². The summed E-state index contributed by atoms with van der Waals surface area (Å²) in [6.45, 7) is 0.948. The predicted octanol–water partition coefficient (Wildman–Crippen LogP) is 2.87. The van der Waals surface area contributed by atoms with E-state index in [1.807, 2.05) is 0 Å². The molecule has 9 nitrogen and oxygen atoms in total. The Bertz CT molecular complexity index is 632. The Labute approximate surface area is 195 Å². The predicted molar refractivity (Wildman–Crippen MR) is 117 cm³/mol. The number of unbranched alkanes of at least 4 members (excludes halogenated alkanes) is 2. The van der Waals surface area contributed by atoms with Crippen molar-refractivity contribution in [2.45, 2.75) is 77.0 Å². The van der Waals surface area contributed by atoms with Gasteiger partial charge in [-0.05, 0) is 77.0 Å². The number of carbonyl (C=O) groups excluding carboxylic acids is 3. The van der Waals surface area contributed by atoms with Crippen molar-refractivity contribution in [2.24, 2.45) is 23.7 Å². The summed E-state index contributed by atoms with van der Waals surface area (Å²) in [5.74, 6) is -2.45. The molecule has 2 fully saturated rings. The fourth-order valence-electron chi connectivity index (χ4n) is 4.43. The van der Waals surface area contributed by atoms with Crippen molar-refractivity contribution in [3.63, 3.8) is 0 Å². The Kier molecular flexibility index (Phi) is 12.2. The monoisotopic (exact) mass is 470 g/mol. The van der Waals surface area contributed by atoms with E-state index in [0.717, 1.165) is 0 Å². The van der Waals surface area contributed by atoms with E-state index in [1.54, 1.807) is 0 Å². The number of carboxylic acids is 1. The van der Waals surface area contributed by atoms with Crippen LogP contribution in [0.5, 0.6) is 0 Å². The van der Waals surface area contributed by atoms with E-state index in [1.165, 1.54) is 0 Å². The first-order chi connectivity index (χ1) is 15.9. The number of carbonyl (C=O) groups is 4. The summed E-state index contributed by atoms with van der Waals surface area (Å²) in [6.07, 6.45) is 7.03. The molecule has 0 atom stereocenters. The van der Waals surface area contributed by atoms with Crippen molar-refractivity contribution in [1.82, 2.24) is 0 Å². The van der Waals surface area contributed by atoms with Gasteiger partial charge in [0.2, 0.25) is 0 Å². The van der Waals surface area contributed by atoms with Crippen molar-refractivity contribution in [3.05, 3.63) is 0 Å². The molecule has 2 saturated carbocycles. The second kappa shape index (κ2) is 14.9. The minimum Gasteiger partial charge on any atom is -0.481 e. The number of esters is 3. The normalized spacial score (nSPS) is 25.1. The number of aliphatic carboxylic acids is 1. The second-order valence-corrected chi connectivity index (χ2v) is 9.08. The van der Waals surface area contributed by atoms with Crippen LogP contribution < -0.4 is 0 Å². The molecule has 0 spiro atoms. The summed E-state index contributed by atoms with van der Waals surface area (Å²) in [4.78, 5) is 47.3. The fourth-order valence-corrected chi connectivity index (χ4v) is 4.43. The molecule has 0 bridgehead atoms. The van der Waals surface area contributed by atoms with Crippen LogP contribution in [0, 0.1) is 23.7 Å². The SMILES string of the molecule is O=C(O)C1CCC(C(=O)OCCCCOC(=O)C2CCC(C(=O)OCCCCO)CC2)CC1. The van der Waals surface area contributed by atoms with Crippen molar-refractivity contribution < 1.29 is 43.6 Å². The van der Waals surface area contributed by atoms with Gasteiger partial charge in [0.1, 0.15) is 0 Å². The van der Waals surface area contributed by atoms with Gasteiger partial charge in [-0.2, -0.15) is 0 Å². The third kappa shape index (κ3) is 9.70. The molecule has 9 heteroatoms. The van der Waals surface area contributed by atoms with Crippen LogP contribution in [0.2, 0.25) is 0 Å². The first-order valence-electron chi connectivity index (χ1n) is 12.3. The summed E-state index contributed by atoms with van der Waals surface area (Å²) in [7, 11) is 0. The van der Waals surface area contributed by atoms with Gasteiger partial charge in [-0.15, -0.1) is 0 Å². The molecule has 188 valence electrons. The van der Waals surface area contributed by atoms with Crippen molar-refractivity contribution in [1.29, 1.82) is 0 Å². The van der Waals surface area contributed by atoms with Gasteiger partial charge < -0.3 is 24.4 Å². The first-order valence-corrected chi connectivity index (χ1v) is 12.3. The van der Waals surface area contributed by atoms with Crippen LogP contribution in [0.4, 0.5) is 0 Å². The van der Waals surface area contributed by atoms with E-state index in [9.17, 15) is 19.2 Å². The highest BCUT2D eigenvalue weighted by Gasteiger charge is 2.32. The largest absolute Gasteiger partial charge is 0.481 e. The molecular weight excluding hydrogens is 432 g/mol. The van der Waals surface area contributed by atoms with E-state index < -0.39 is 5.97 Å². The average Bonchev–Trinajstić information content (AvgIpc) is 2.83. The molecule has 0 aromatic rings. The van der Waals surface area contributed by atoms with Gasteiger partial charge in [0.25, 0.3) is 0 Å². The molecule has 0 saturated heterocycles. The summed E-state index contributed by atoms with van der Waals surface area (Å²) in [5, 5.41) is 17.7. The number of rotatable bonds is 13. The number of ether oxygens (including phenoxy) is 3. The lowest BCUT2D eigenvalue weighted by Crippen LogP contribution is -2.28. The molecule has 33 heavy (non-hydrogen) atoms. The zero-order chi connectivity index (χ0) is 24.1. The molecule has 0 amide bonds. The van der Waals surface area contributed by atoms with Gasteiger partial charge in [0.05, 0.1) is 43.5 Å². The van der Waals surface area contributed by atoms with Crippen molar-refractivity contribution in [3.8, 4) is 0 Å². The molecule has 0 aromatic carbocycles. The minimum atomic E-state index is -0.794. The van der Waals surface area contributed by atoms with E-state index in [0.29, 0.717) is 83.7 Å². The summed E-state index contributed by atoms with van der Waals surface area (Å²) in [5.41, 5.74) is 0. The van der Waals surface area contributed by atoms with Crippen LogP contribution in [-0.2, 0) is 33.4 Å². The summed E-state index contributed by atoms with van der Waals surface area (Å²) >= 11 is 0. The maximum Gasteiger partial charge on any atom is 0.308 e. The molecule has 2 aliphatic rings. The molecular formula is C24H38O9. The van der Waals surface area contributed by atoms with Crippen LogP contribution in [0.1, 0.15) is 77.0 Å². The second-order valence-electron chi connectivity index (χ2n) is 9.08. The third-order valence-corrected chi connectivity index (χ3v) is 6.63. The minimum absolute atomic E-state index is 0.0902. The Hall–Kier alpha value is -2.16. The van der Waals surface area contributed by atoms with Gasteiger partial charge in [0.15, 0.2) is 0 Å². The van der Waals surface area contributed by atoms with E-state index in [4.69, 9.17) is 24.4 Å². The zero-order valence-corrected chi connectivity index (χ0v) is 19.4. The molecule has 2 N–H and O–H groups in total. The maximum atomic E-state index is 12.3. The van der Waals surface area contributed by atoms with E-state index >= 15 is 0 Å². The molecule has 0 heterocycles. The number of hydrogen-bond acceptors (Lipinski definition) is 8. The highest BCUT2D eigenvalue weighted by atomic mass is 16.5. The summed E-state index contributed by atoms with van der Waals surface area (Å²) in [6, 6.07) is 0. The van der Waals surface area contributed by atoms with Gasteiger partial charge in [-0.1, -0.05) is 0 Å². The van der Waals surface area contributed by atoms with Crippen molar-refractivity contribution >= 4 is 23.9 Å². The van der Waals surface area contributed by atoms with Gasteiger partial charge >= 0.3 is 23.9 Å². The lowest BCUT2D eigenvalue weighted by molar-refractivity contribution is -0.155. The smallest absolute Gasteiger partial charge is 0.308 e. The third-order valence-electron chi connectivity index (χ3n) is 6.63. The number of aliphatic hydroxyl groups excluding tert-OH is 1. The maximum absolute atomic E-state index is 12.3. The van der Waals surface area contributed by atoms with Crippen LogP contribution >= 0.6 is 0 Å². The van der Waals surface area contributed by atoms with Crippen molar-refractivity contribution in [2.75, 3.05) is 26.4 Å². The van der Waals surface area contributed by atoms with Crippen LogP contribution in [0.25, 0.3) is 0 Å². The van der Waals surface area contributed by atoms with Gasteiger partial charge in [0, 0.05) is 6.61 Å². The molecule has 2 aliphatic carbocycles. The Morgan fingerprint density at radius 2 is 0.848 bits per heavy atom. The quantitative estimate of drug-likeness (QED) is 0.236. The highest BCUT2D eigenvalue weighted by Crippen LogP contribution is 2.31. The molecule has 0 unspecified atom stereocenters. The first kappa shape index (κ1) is 27.1. The molecule has 0 aromatic heterocycles. The average molecular weight is 471 g/mol. The number of carboxylic acid groups (broad SMARTS) is 1. The van der Waals surface area contributed by atoms with Gasteiger partial charge in [-0.25, -0.2) is 0 Å². The van der Waals surface area contributed by atoms with Crippen LogP contribution in [0.3, 0.4) is 0 Å². The summed E-state index contributed by atoms with van der Waals surface area (Å²) < 4.78 is 15.9. The van der Waals surface area contributed by atoms with E-state index in [-0.39, 0.29) is 61.4 Å². The lowest BCUT2D eigenvalue weighted by atomic mass is 9.82.